The van der Waals surface area contributed by atoms with E-state index < -0.39 is 0 Å². The lowest BCUT2D eigenvalue weighted by atomic mass is 9.90. The first-order valence-corrected chi connectivity index (χ1v) is 4.55. The fourth-order valence-electron chi connectivity index (χ4n) is 1.63. The van der Waals surface area contributed by atoms with E-state index in [1.54, 1.807) is 0 Å². The molecule has 1 aliphatic rings. The molecule has 0 aromatic rings. The monoisotopic (exact) mass is 201 g/mol. The molecule has 0 bridgehead atoms. The highest BCUT2D eigenvalue weighted by molar-refractivity contribution is 5.76. The van der Waals surface area contributed by atoms with Crippen molar-refractivity contribution in [1.29, 1.82) is 0 Å². The van der Waals surface area contributed by atoms with Crippen molar-refractivity contribution >= 4 is 11.9 Å². The number of carbonyl (C=O) groups excluding carboxylic acids is 2. The molecule has 1 saturated heterocycles. The topological polar surface area (TPSA) is 64.6 Å². The minimum absolute atomic E-state index is 0.238. The summed E-state index contributed by atoms with van der Waals surface area (Å²) in [6.45, 7) is 1.14. The Morgan fingerprint density at radius 2 is 1.50 bits per heavy atom. The van der Waals surface area contributed by atoms with E-state index in [1.165, 1.54) is 14.2 Å². The maximum Gasteiger partial charge on any atom is 0.309 e. The van der Waals surface area contributed by atoms with Crippen LogP contribution in [0.3, 0.4) is 0 Å². The SMILES string of the molecule is COC(=O)[C@@H]1CNC[C@H](C(=O)OC)C1. The number of nitrogens with one attached hydrogen (secondary N) is 1. The second-order valence-electron chi connectivity index (χ2n) is 3.33. The lowest BCUT2D eigenvalue weighted by Crippen LogP contribution is -2.43. The Kier molecular flexibility index (Phi) is 3.88. The molecule has 0 saturated carbocycles. The van der Waals surface area contributed by atoms with Crippen molar-refractivity contribution in [1.82, 2.24) is 5.32 Å². The van der Waals surface area contributed by atoms with Crippen molar-refractivity contribution in [2.45, 2.75) is 6.42 Å². The first-order valence-electron chi connectivity index (χ1n) is 4.55. The molecule has 0 aromatic heterocycles. The van der Waals surface area contributed by atoms with Crippen LogP contribution in [0, 0.1) is 11.8 Å². The van der Waals surface area contributed by atoms with Crippen molar-refractivity contribution < 1.29 is 19.1 Å². The molecule has 5 heteroatoms. The third-order valence-electron chi connectivity index (χ3n) is 2.42. The van der Waals surface area contributed by atoms with Gasteiger partial charge < -0.3 is 14.8 Å². The van der Waals surface area contributed by atoms with Gasteiger partial charge in [0.2, 0.25) is 0 Å². The van der Waals surface area contributed by atoms with Gasteiger partial charge in [0, 0.05) is 13.1 Å². The zero-order chi connectivity index (χ0) is 10.6. The van der Waals surface area contributed by atoms with Crippen LogP contribution in [0.2, 0.25) is 0 Å². The Labute approximate surface area is 82.8 Å². The molecule has 14 heavy (non-hydrogen) atoms. The number of ether oxygens (including phenoxy) is 2. The molecule has 2 atom stereocenters. The van der Waals surface area contributed by atoms with Gasteiger partial charge in [0.25, 0.3) is 0 Å². The second-order valence-corrected chi connectivity index (χ2v) is 3.33. The molecule has 0 amide bonds. The van der Waals surface area contributed by atoms with Crippen LogP contribution in [0.25, 0.3) is 0 Å². The predicted molar refractivity (Wildman–Crippen MR) is 48.5 cm³/mol. The van der Waals surface area contributed by atoms with Gasteiger partial charge in [0.15, 0.2) is 0 Å². The van der Waals surface area contributed by atoms with Gasteiger partial charge in [-0.2, -0.15) is 0 Å². The fraction of sp³-hybridized carbons (Fsp3) is 0.778. The fourth-order valence-corrected chi connectivity index (χ4v) is 1.63. The smallest absolute Gasteiger partial charge is 0.309 e. The van der Waals surface area contributed by atoms with E-state index in [1.807, 2.05) is 0 Å². The van der Waals surface area contributed by atoms with Gasteiger partial charge in [0.05, 0.1) is 26.1 Å². The summed E-state index contributed by atoms with van der Waals surface area (Å²) in [5, 5.41) is 3.01. The largest absolute Gasteiger partial charge is 0.469 e. The maximum absolute atomic E-state index is 11.2. The Morgan fingerprint density at radius 3 is 1.86 bits per heavy atom. The van der Waals surface area contributed by atoms with E-state index in [2.05, 4.69) is 14.8 Å². The number of hydrogen-bond donors (Lipinski definition) is 1. The minimum atomic E-state index is -0.272. The molecule has 0 radical (unpaired) electrons. The van der Waals surface area contributed by atoms with Crippen molar-refractivity contribution in [3.63, 3.8) is 0 Å². The summed E-state index contributed by atoms with van der Waals surface area (Å²) in [5.74, 6) is -1.02. The Hall–Kier alpha value is -1.10. The Balaban J connectivity index is 2.51. The highest BCUT2D eigenvalue weighted by Gasteiger charge is 2.31. The summed E-state index contributed by atoms with van der Waals surface area (Å²) in [5.41, 5.74) is 0. The van der Waals surface area contributed by atoms with E-state index in [0.29, 0.717) is 19.5 Å². The van der Waals surface area contributed by atoms with Gasteiger partial charge in [-0.3, -0.25) is 9.59 Å². The molecule has 80 valence electrons. The van der Waals surface area contributed by atoms with Crippen molar-refractivity contribution in [2.24, 2.45) is 11.8 Å². The summed E-state index contributed by atoms with van der Waals surface area (Å²) in [4.78, 5) is 22.4. The van der Waals surface area contributed by atoms with Crippen LogP contribution in [-0.4, -0.2) is 39.2 Å². The van der Waals surface area contributed by atoms with Crippen molar-refractivity contribution in [3.8, 4) is 0 Å². The Morgan fingerprint density at radius 1 is 1.07 bits per heavy atom. The van der Waals surface area contributed by atoms with E-state index in [0.717, 1.165) is 0 Å². The standard InChI is InChI=1S/C9H15NO4/c1-13-8(11)6-3-7(5-10-4-6)9(12)14-2/h6-7,10H,3-5H2,1-2H3/t6-,7+. The molecule has 1 aliphatic heterocycles. The van der Waals surface area contributed by atoms with Gasteiger partial charge >= 0.3 is 11.9 Å². The van der Waals surface area contributed by atoms with Crippen LogP contribution >= 0.6 is 0 Å². The van der Waals surface area contributed by atoms with E-state index in [4.69, 9.17) is 0 Å². The number of rotatable bonds is 2. The highest BCUT2D eigenvalue weighted by Crippen LogP contribution is 2.18. The third kappa shape index (κ3) is 2.45. The van der Waals surface area contributed by atoms with Crippen LogP contribution in [0.5, 0.6) is 0 Å². The first kappa shape index (κ1) is 11.0. The molecule has 1 heterocycles. The summed E-state index contributed by atoms with van der Waals surface area (Å²) in [7, 11) is 2.70. The average Bonchev–Trinajstić information content (AvgIpc) is 2.27. The molecular weight excluding hydrogens is 186 g/mol. The van der Waals surface area contributed by atoms with E-state index in [-0.39, 0.29) is 23.8 Å². The van der Waals surface area contributed by atoms with Crippen LogP contribution in [0.1, 0.15) is 6.42 Å². The Bertz CT molecular complexity index is 207. The minimum Gasteiger partial charge on any atom is -0.469 e. The molecule has 0 spiro atoms. The summed E-state index contributed by atoms with van der Waals surface area (Å²) < 4.78 is 9.24. The molecule has 0 aliphatic carbocycles. The number of hydrogen-bond acceptors (Lipinski definition) is 5. The summed E-state index contributed by atoms with van der Waals surface area (Å²) >= 11 is 0. The van der Waals surface area contributed by atoms with E-state index >= 15 is 0 Å². The van der Waals surface area contributed by atoms with Gasteiger partial charge in [-0.25, -0.2) is 0 Å². The number of esters is 2. The zero-order valence-electron chi connectivity index (χ0n) is 8.41. The predicted octanol–water partition coefficient (Wildman–Crippen LogP) is -0.442. The van der Waals surface area contributed by atoms with E-state index in [9.17, 15) is 9.59 Å². The van der Waals surface area contributed by atoms with Crippen molar-refractivity contribution in [3.05, 3.63) is 0 Å². The lowest BCUT2D eigenvalue weighted by molar-refractivity contribution is -0.150. The molecule has 5 nitrogen and oxygen atoms in total. The third-order valence-corrected chi connectivity index (χ3v) is 2.42. The number of piperidine rings is 1. The quantitative estimate of drug-likeness (QED) is 0.613. The first-order chi connectivity index (χ1) is 6.69. The maximum atomic E-state index is 11.2. The average molecular weight is 201 g/mol. The molecule has 0 unspecified atom stereocenters. The molecule has 0 aromatic carbocycles. The highest BCUT2D eigenvalue weighted by atomic mass is 16.5. The second kappa shape index (κ2) is 4.95. The molecule has 1 N–H and O–H groups in total. The normalized spacial score (nSPS) is 26.7. The van der Waals surface area contributed by atoms with Crippen LogP contribution in [0.15, 0.2) is 0 Å². The number of methoxy groups -OCH3 is 2. The van der Waals surface area contributed by atoms with Crippen LogP contribution in [-0.2, 0) is 19.1 Å². The van der Waals surface area contributed by atoms with Crippen LogP contribution < -0.4 is 5.32 Å². The van der Waals surface area contributed by atoms with Gasteiger partial charge in [0.1, 0.15) is 0 Å². The van der Waals surface area contributed by atoms with Gasteiger partial charge in [-0.05, 0) is 6.42 Å². The summed E-state index contributed by atoms with van der Waals surface area (Å²) in [6, 6.07) is 0. The van der Waals surface area contributed by atoms with Gasteiger partial charge in [-0.1, -0.05) is 0 Å². The summed E-state index contributed by atoms with van der Waals surface area (Å²) in [6.07, 6.45) is 0.506. The van der Waals surface area contributed by atoms with Gasteiger partial charge in [-0.15, -0.1) is 0 Å². The molecular formula is C9H15NO4. The zero-order valence-corrected chi connectivity index (χ0v) is 8.41. The van der Waals surface area contributed by atoms with Crippen LogP contribution in [0.4, 0.5) is 0 Å². The number of carbonyl (C=O) groups is 2. The lowest BCUT2D eigenvalue weighted by Gasteiger charge is -2.26. The van der Waals surface area contributed by atoms with Crippen molar-refractivity contribution in [2.75, 3.05) is 27.3 Å². The molecule has 1 fully saturated rings. The molecule has 1 rings (SSSR count).